The van der Waals surface area contributed by atoms with E-state index in [0.29, 0.717) is 34.9 Å². The van der Waals surface area contributed by atoms with Gasteiger partial charge in [-0.15, -0.1) is 0 Å². The summed E-state index contributed by atoms with van der Waals surface area (Å²) in [6, 6.07) is 13.1. The molecular formula is C23H24BrN3O3. The highest BCUT2D eigenvalue weighted by Crippen LogP contribution is 2.36. The van der Waals surface area contributed by atoms with Gasteiger partial charge in [-0.2, -0.15) is 5.26 Å². The van der Waals surface area contributed by atoms with E-state index in [9.17, 15) is 15.2 Å². The summed E-state index contributed by atoms with van der Waals surface area (Å²) < 4.78 is 6.53. The monoisotopic (exact) mass is 469 g/mol. The van der Waals surface area contributed by atoms with E-state index < -0.39 is 17.8 Å². The fourth-order valence-corrected chi connectivity index (χ4v) is 4.36. The SMILES string of the molecule is CC(C)C[C@H](NC(=O)c1ccc2c(oc3ccccc32)c1Br)[C@H](O)NC1(C#N)CC1. The third-order valence-electron chi connectivity index (χ3n) is 5.54. The highest BCUT2D eigenvalue weighted by Gasteiger charge is 2.45. The molecule has 2 atom stereocenters. The second-order valence-electron chi connectivity index (χ2n) is 8.39. The molecule has 1 aliphatic rings. The molecule has 3 N–H and O–H groups in total. The highest BCUT2D eigenvalue weighted by atomic mass is 79.9. The molecule has 1 amide bonds. The number of rotatable bonds is 7. The molecule has 0 saturated heterocycles. The van der Waals surface area contributed by atoms with Crippen LogP contribution in [0.25, 0.3) is 21.9 Å². The van der Waals surface area contributed by atoms with Crippen LogP contribution in [0.5, 0.6) is 0 Å². The number of aliphatic hydroxyl groups is 1. The average Bonchev–Trinajstić information content (AvgIpc) is 3.38. The molecule has 30 heavy (non-hydrogen) atoms. The number of nitrogens with zero attached hydrogens (tertiary/aromatic N) is 1. The number of amides is 1. The molecule has 4 rings (SSSR count). The lowest BCUT2D eigenvalue weighted by Gasteiger charge is -2.28. The van der Waals surface area contributed by atoms with E-state index in [2.05, 4.69) is 32.6 Å². The van der Waals surface area contributed by atoms with Crippen LogP contribution in [0.2, 0.25) is 0 Å². The Bertz CT molecular complexity index is 1140. The number of furan rings is 1. The van der Waals surface area contributed by atoms with Crippen molar-refractivity contribution in [1.29, 1.82) is 5.26 Å². The van der Waals surface area contributed by atoms with Crippen LogP contribution in [0.1, 0.15) is 43.5 Å². The molecule has 6 nitrogen and oxygen atoms in total. The van der Waals surface area contributed by atoms with Crippen LogP contribution in [0.15, 0.2) is 45.3 Å². The third-order valence-corrected chi connectivity index (χ3v) is 6.33. The minimum Gasteiger partial charge on any atom is -0.455 e. The summed E-state index contributed by atoms with van der Waals surface area (Å²) in [5.41, 5.74) is 1.13. The number of nitrogens with one attached hydrogen (secondary N) is 2. The van der Waals surface area contributed by atoms with E-state index in [-0.39, 0.29) is 11.8 Å². The summed E-state index contributed by atoms with van der Waals surface area (Å²) in [6.45, 7) is 4.05. The molecule has 1 fully saturated rings. The first-order chi connectivity index (χ1) is 14.3. The fraction of sp³-hybridized carbons (Fsp3) is 0.391. The number of benzene rings is 2. The first-order valence-corrected chi connectivity index (χ1v) is 10.9. The van der Waals surface area contributed by atoms with Crippen molar-refractivity contribution >= 4 is 43.8 Å². The van der Waals surface area contributed by atoms with Gasteiger partial charge in [0.1, 0.15) is 22.9 Å². The Morgan fingerprint density at radius 2 is 2.00 bits per heavy atom. The Balaban J connectivity index is 1.60. The Kier molecular flexibility index (Phi) is 5.58. The Labute approximate surface area is 183 Å². The number of halogens is 1. The standard InChI is InChI=1S/C23H24BrN3O3/c1-13(2)11-17(22(29)27-23(12-25)9-10-23)26-21(28)16-8-7-15-14-5-3-4-6-18(14)30-20(15)19(16)24/h3-8,13,17,22,27,29H,9-11H2,1-2H3,(H,26,28)/t17-,22-/m0/s1. The van der Waals surface area contributed by atoms with E-state index in [1.165, 1.54) is 0 Å². The zero-order valence-electron chi connectivity index (χ0n) is 16.9. The van der Waals surface area contributed by atoms with Gasteiger partial charge >= 0.3 is 0 Å². The Morgan fingerprint density at radius 3 is 2.67 bits per heavy atom. The highest BCUT2D eigenvalue weighted by molar-refractivity contribution is 9.10. The summed E-state index contributed by atoms with van der Waals surface area (Å²) in [5, 5.41) is 27.8. The molecule has 0 aliphatic heterocycles. The molecule has 7 heteroatoms. The predicted molar refractivity (Wildman–Crippen MR) is 119 cm³/mol. The van der Waals surface area contributed by atoms with Gasteiger partial charge in [0, 0.05) is 10.8 Å². The molecule has 1 heterocycles. The van der Waals surface area contributed by atoms with Gasteiger partial charge in [-0.1, -0.05) is 32.0 Å². The molecule has 0 radical (unpaired) electrons. The van der Waals surface area contributed by atoms with Crippen LogP contribution in [-0.4, -0.2) is 28.8 Å². The molecule has 0 bridgehead atoms. The zero-order chi connectivity index (χ0) is 21.5. The smallest absolute Gasteiger partial charge is 0.252 e. The minimum absolute atomic E-state index is 0.255. The second-order valence-corrected chi connectivity index (χ2v) is 9.19. The van der Waals surface area contributed by atoms with Crippen LogP contribution in [0.4, 0.5) is 0 Å². The number of fused-ring (bicyclic) bond motifs is 3. The lowest BCUT2D eigenvalue weighted by Crippen LogP contribution is -2.54. The quantitative estimate of drug-likeness (QED) is 0.443. The zero-order valence-corrected chi connectivity index (χ0v) is 18.5. The second kappa shape index (κ2) is 8.03. The van der Waals surface area contributed by atoms with Gasteiger partial charge in [0.25, 0.3) is 5.91 Å². The number of nitriles is 1. The summed E-state index contributed by atoms with van der Waals surface area (Å²) in [4.78, 5) is 13.1. The van der Waals surface area contributed by atoms with Gasteiger partial charge in [0.15, 0.2) is 0 Å². The van der Waals surface area contributed by atoms with Crippen LogP contribution in [-0.2, 0) is 0 Å². The van der Waals surface area contributed by atoms with Gasteiger partial charge in [0.2, 0.25) is 0 Å². The topological polar surface area (TPSA) is 98.3 Å². The summed E-state index contributed by atoms with van der Waals surface area (Å²) in [5.74, 6) is -0.0529. The average molecular weight is 470 g/mol. The minimum atomic E-state index is -1.01. The van der Waals surface area contributed by atoms with E-state index in [4.69, 9.17) is 4.42 Å². The molecular weight excluding hydrogens is 446 g/mol. The maximum Gasteiger partial charge on any atom is 0.252 e. The molecule has 156 valence electrons. The molecule has 1 aliphatic carbocycles. The van der Waals surface area contributed by atoms with Crippen LogP contribution < -0.4 is 10.6 Å². The van der Waals surface area contributed by atoms with Crippen molar-refractivity contribution in [3.63, 3.8) is 0 Å². The Morgan fingerprint density at radius 1 is 1.27 bits per heavy atom. The van der Waals surface area contributed by atoms with Crippen molar-refractivity contribution < 1.29 is 14.3 Å². The van der Waals surface area contributed by atoms with Gasteiger partial charge in [-0.3, -0.25) is 10.1 Å². The van der Waals surface area contributed by atoms with Gasteiger partial charge in [0.05, 0.1) is 22.1 Å². The van der Waals surface area contributed by atoms with Crippen LogP contribution >= 0.6 is 15.9 Å². The van der Waals surface area contributed by atoms with Crippen LogP contribution in [0, 0.1) is 17.2 Å². The fourth-order valence-electron chi connectivity index (χ4n) is 3.75. The first kappa shape index (κ1) is 20.9. The van der Waals surface area contributed by atoms with Gasteiger partial charge < -0.3 is 14.8 Å². The first-order valence-electron chi connectivity index (χ1n) is 10.1. The summed E-state index contributed by atoms with van der Waals surface area (Å²) >= 11 is 3.53. The van der Waals surface area contributed by atoms with Crippen molar-refractivity contribution in [2.75, 3.05) is 0 Å². The van der Waals surface area contributed by atoms with E-state index in [1.54, 1.807) is 6.07 Å². The summed E-state index contributed by atoms with van der Waals surface area (Å²) in [7, 11) is 0. The molecule has 0 spiro atoms. The van der Waals surface area contributed by atoms with Crippen molar-refractivity contribution in [1.82, 2.24) is 10.6 Å². The number of para-hydroxylation sites is 1. The molecule has 1 saturated carbocycles. The number of carbonyl (C=O) groups is 1. The van der Waals surface area contributed by atoms with Crippen molar-refractivity contribution in [2.24, 2.45) is 5.92 Å². The predicted octanol–water partition coefficient (Wildman–Crippen LogP) is 4.46. The Hall–Kier alpha value is -2.40. The number of hydrogen-bond acceptors (Lipinski definition) is 5. The van der Waals surface area contributed by atoms with Crippen LogP contribution in [0.3, 0.4) is 0 Å². The lowest BCUT2D eigenvalue weighted by molar-refractivity contribution is 0.0636. The normalized spacial score (nSPS) is 17.1. The largest absolute Gasteiger partial charge is 0.455 e. The third kappa shape index (κ3) is 3.95. The number of hydrogen-bond donors (Lipinski definition) is 3. The molecule has 3 aromatic rings. The molecule has 1 aromatic heterocycles. The lowest BCUT2D eigenvalue weighted by atomic mass is 10.0. The van der Waals surface area contributed by atoms with Gasteiger partial charge in [-0.05, 0) is 59.3 Å². The number of aliphatic hydroxyl groups excluding tert-OH is 1. The van der Waals surface area contributed by atoms with E-state index >= 15 is 0 Å². The molecule has 0 unspecified atom stereocenters. The van der Waals surface area contributed by atoms with E-state index in [1.807, 2.05) is 44.2 Å². The molecule has 2 aromatic carbocycles. The van der Waals surface area contributed by atoms with Gasteiger partial charge in [-0.25, -0.2) is 0 Å². The number of carbonyl (C=O) groups excluding carboxylic acids is 1. The maximum atomic E-state index is 13.1. The maximum absolute atomic E-state index is 13.1. The van der Waals surface area contributed by atoms with E-state index in [0.717, 1.165) is 16.4 Å². The van der Waals surface area contributed by atoms with Crippen molar-refractivity contribution in [3.05, 3.63) is 46.4 Å². The van der Waals surface area contributed by atoms with Crippen molar-refractivity contribution in [2.45, 2.75) is 50.9 Å². The van der Waals surface area contributed by atoms with Crippen molar-refractivity contribution in [3.8, 4) is 6.07 Å². The summed E-state index contributed by atoms with van der Waals surface area (Å²) in [6.07, 6.45) is 0.979.